The molecule has 0 amide bonds. The largest absolute Gasteiger partial charge is 0.465 e. The van der Waals surface area contributed by atoms with Gasteiger partial charge in [0.2, 0.25) is 0 Å². The maximum Gasteiger partial charge on any atom is 0.419 e. The van der Waals surface area contributed by atoms with Gasteiger partial charge in [-0.15, -0.1) is 0 Å². The number of para-hydroxylation sites is 1. The number of halogens is 2. The van der Waals surface area contributed by atoms with Crippen molar-refractivity contribution in [1.82, 2.24) is 19.4 Å². The van der Waals surface area contributed by atoms with Crippen LogP contribution in [0.3, 0.4) is 0 Å². The predicted molar refractivity (Wildman–Crippen MR) is 158 cm³/mol. The van der Waals surface area contributed by atoms with Crippen molar-refractivity contribution < 1.29 is 27.8 Å². The average Bonchev–Trinajstić information content (AvgIpc) is 3.35. The van der Waals surface area contributed by atoms with Gasteiger partial charge in [-0.1, -0.05) is 30.3 Å². The van der Waals surface area contributed by atoms with Gasteiger partial charge in [-0.25, -0.2) is 22.9 Å². The number of hydrogen-bond donors (Lipinski definition) is 0. The Morgan fingerprint density at radius 1 is 1.07 bits per heavy atom. The van der Waals surface area contributed by atoms with Crippen molar-refractivity contribution in [1.29, 1.82) is 0 Å². The first-order valence-corrected chi connectivity index (χ1v) is 14.3. The number of carbonyl (C=O) groups is 2. The summed E-state index contributed by atoms with van der Waals surface area (Å²) in [7, 11) is 1.34. The molecule has 2 atom stereocenters. The number of aryl methyl sites for hydroxylation is 1. The summed E-state index contributed by atoms with van der Waals surface area (Å²) >= 11 is 0. The molecule has 226 valence electrons. The zero-order chi connectivity index (χ0) is 30.9. The van der Waals surface area contributed by atoms with E-state index < -0.39 is 24.1 Å². The monoisotopic (exact) mass is 590 g/mol. The molecule has 10 heteroatoms. The highest BCUT2D eigenvalue weighted by molar-refractivity contribution is 5.93. The lowest BCUT2D eigenvalue weighted by Crippen LogP contribution is -2.37. The number of methoxy groups -OCH3 is 1. The molecule has 1 saturated heterocycles. The summed E-state index contributed by atoms with van der Waals surface area (Å²) in [4.78, 5) is 36.2. The number of ether oxygens (including phenoxy) is 2. The molecule has 0 aliphatic carbocycles. The van der Waals surface area contributed by atoms with Crippen LogP contribution in [-0.4, -0.2) is 50.8 Å². The maximum atomic E-state index is 13.6. The third-order valence-corrected chi connectivity index (χ3v) is 7.81. The number of aromatic nitrogens is 3. The van der Waals surface area contributed by atoms with Crippen molar-refractivity contribution in [3.8, 4) is 0 Å². The summed E-state index contributed by atoms with van der Waals surface area (Å²) in [5.74, 6) is -0.434. The third kappa shape index (κ3) is 6.59. The van der Waals surface area contributed by atoms with E-state index in [0.29, 0.717) is 30.8 Å². The van der Waals surface area contributed by atoms with Gasteiger partial charge in [-0.3, -0.25) is 14.9 Å². The van der Waals surface area contributed by atoms with Gasteiger partial charge in [-0.2, -0.15) is 0 Å². The van der Waals surface area contributed by atoms with E-state index in [9.17, 15) is 18.4 Å². The summed E-state index contributed by atoms with van der Waals surface area (Å²) < 4.78 is 38.6. The molecule has 8 nitrogen and oxygen atoms in total. The molecule has 0 radical (unpaired) electrons. The van der Waals surface area contributed by atoms with Crippen molar-refractivity contribution in [2.45, 2.75) is 71.1 Å². The van der Waals surface area contributed by atoms with E-state index in [4.69, 9.17) is 9.47 Å². The van der Waals surface area contributed by atoms with Crippen molar-refractivity contribution >= 4 is 23.0 Å². The standard InChI is InChI=1S/C33H36F2N4O4/c1-20-7-6-8-24-15-25(39(29(20)24)32(41)43-33(2,3)4)19-38-14-13-23(26-17-37-27(18-36-26)30(34)35)16-28(38)21-9-11-22(12-10-21)31(40)42-5/h6-12,15,17-18,23,28,30H,13-14,16,19H2,1-5H3. The summed E-state index contributed by atoms with van der Waals surface area (Å²) in [6, 6.07) is 15.1. The van der Waals surface area contributed by atoms with Gasteiger partial charge in [0.15, 0.2) is 0 Å². The smallest absolute Gasteiger partial charge is 0.419 e. The van der Waals surface area contributed by atoms with Crippen molar-refractivity contribution in [3.63, 3.8) is 0 Å². The number of nitrogens with zero attached hydrogens (tertiary/aromatic N) is 4. The van der Waals surface area contributed by atoms with Crippen LogP contribution in [0.15, 0.2) is 60.9 Å². The second kappa shape index (κ2) is 12.2. The van der Waals surface area contributed by atoms with Crippen LogP contribution in [0.1, 0.15) is 90.6 Å². The zero-order valence-corrected chi connectivity index (χ0v) is 25.0. The van der Waals surface area contributed by atoms with Gasteiger partial charge in [0.25, 0.3) is 6.43 Å². The van der Waals surface area contributed by atoms with Gasteiger partial charge in [0, 0.05) is 35.8 Å². The minimum Gasteiger partial charge on any atom is -0.465 e. The Bertz CT molecular complexity index is 1610. The third-order valence-electron chi connectivity index (χ3n) is 7.81. The number of alkyl halides is 2. The highest BCUT2D eigenvalue weighted by Crippen LogP contribution is 2.40. The van der Waals surface area contributed by atoms with Crippen LogP contribution in [0.25, 0.3) is 10.9 Å². The molecule has 2 aromatic carbocycles. The van der Waals surface area contributed by atoms with E-state index in [0.717, 1.165) is 40.3 Å². The molecule has 1 fully saturated rings. The summed E-state index contributed by atoms with van der Waals surface area (Å²) in [5.41, 5.74) is 3.65. The Morgan fingerprint density at radius 2 is 1.81 bits per heavy atom. The second-order valence-corrected chi connectivity index (χ2v) is 12.0. The van der Waals surface area contributed by atoms with E-state index in [1.54, 1.807) is 16.7 Å². The van der Waals surface area contributed by atoms with Gasteiger partial charge in [-0.05, 0) is 76.4 Å². The number of hydrogen-bond acceptors (Lipinski definition) is 7. The lowest BCUT2D eigenvalue weighted by molar-refractivity contribution is 0.0528. The van der Waals surface area contributed by atoms with Gasteiger partial charge >= 0.3 is 12.1 Å². The van der Waals surface area contributed by atoms with Crippen LogP contribution in [-0.2, 0) is 16.0 Å². The van der Waals surface area contributed by atoms with E-state index in [1.807, 2.05) is 64.1 Å². The quantitative estimate of drug-likeness (QED) is 0.217. The van der Waals surface area contributed by atoms with Crippen LogP contribution in [0.5, 0.6) is 0 Å². The van der Waals surface area contributed by atoms with Crippen molar-refractivity contribution in [2.24, 2.45) is 0 Å². The van der Waals surface area contributed by atoms with E-state index in [-0.39, 0.29) is 17.7 Å². The first-order valence-electron chi connectivity index (χ1n) is 14.3. The van der Waals surface area contributed by atoms with Crippen LogP contribution in [0.4, 0.5) is 13.6 Å². The SMILES string of the molecule is COC(=O)c1ccc(C2CC(c3cnc(C(F)F)cn3)CCN2Cc2cc3cccc(C)c3n2C(=O)OC(C)(C)C)cc1. The summed E-state index contributed by atoms with van der Waals surface area (Å²) in [6.45, 7) is 8.63. The fourth-order valence-electron chi connectivity index (χ4n) is 5.78. The van der Waals surface area contributed by atoms with Gasteiger partial charge in [0.1, 0.15) is 11.3 Å². The molecule has 0 saturated carbocycles. The molecule has 2 unspecified atom stereocenters. The molecule has 4 aromatic rings. The maximum absolute atomic E-state index is 13.6. The number of benzene rings is 2. The van der Waals surface area contributed by atoms with Gasteiger partial charge in [0.05, 0.1) is 30.1 Å². The zero-order valence-electron chi connectivity index (χ0n) is 25.0. The molecule has 0 spiro atoms. The van der Waals surface area contributed by atoms with Crippen LogP contribution >= 0.6 is 0 Å². The summed E-state index contributed by atoms with van der Waals surface area (Å²) in [6.07, 6.45) is 0.855. The van der Waals surface area contributed by atoms with E-state index in [1.165, 1.54) is 13.3 Å². The molecule has 2 aromatic heterocycles. The predicted octanol–water partition coefficient (Wildman–Crippen LogP) is 7.37. The second-order valence-electron chi connectivity index (χ2n) is 12.0. The van der Waals surface area contributed by atoms with Crippen molar-refractivity contribution in [2.75, 3.05) is 13.7 Å². The van der Waals surface area contributed by atoms with Gasteiger partial charge < -0.3 is 9.47 Å². The Morgan fingerprint density at radius 3 is 2.44 bits per heavy atom. The number of esters is 1. The molecular weight excluding hydrogens is 554 g/mol. The van der Waals surface area contributed by atoms with Crippen LogP contribution < -0.4 is 0 Å². The lowest BCUT2D eigenvalue weighted by Gasteiger charge is -2.39. The summed E-state index contributed by atoms with van der Waals surface area (Å²) in [5, 5.41) is 0.948. The van der Waals surface area contributed by atoms with Crippen LogP contribution in [0.2, 0.25) is 0 Å². The first-order chi connectivity index (χ1) is 20.4. The van der Waals surface area contributed by atoms with E-state index >= 15 is 0 Å². The number of fused-ring (bicyclic) bond motifs is 1. The number of likely N-dealkylation sites (tertiary alicyclic amines) is 1. The van der Waals surface area contributed by atoms with Crippen molar-refractivity contribution in [3.05, 3.63) is 94.7 Å². The molecule has 0 bridgehead atoms. The fraction of sp³-hybridized carbons (Fsp3) is 0.394. The fourth-order valence-corrected chi connectivity index (χ4v) is 5.78. The number of piperidine rings is 1. The highest BCUT2D eigenvalue weighted by atomic mass is 19.3. The minimum absolute atomic E-state index is 0.0142. The van der Waals surface area contributed by atoms with E-state index in [2.05, 4.69) is 14.9 Å². The number of rotatable bonds is 6. The first kappa shape index (κ1) is 30.3. The minimum atomic E-state index is -2.68. The molecule has 0 N–H and O–H groups in total. The highest BCUT2D eigenvalue weighted by Gasteiger charge is 2.33. The molecule has 3 heterocycles. The Balaban J connectivity index is 1.51. The Hall–Kier alpha value is -4.18. The topological polar surface area (TPSA) is 86.5 Å². The van der Waals surface area contributed by atoms with Crippen LogP contribution in [0, 0.1) is 6.92 Å². The Labute approximate surface area is 249 Å². The molecular formula is C33H36F2N4O4. The molecule has 43 heavy (non-hydrogen) atoms. The lowest BCUT2D eigenvalue weighted by atomic mass is 9.85. The molecule has 1 aliphatic rings. The molecule has 1 aliphatic heterocycles. The average molecular weight is 591 g/mol. The molecule has 5 rings (SSSR count). The number of carbonyl (C=O) groups excluding carboxylic acids is 2. The normalized spacial score (nSPS) is 17.8. The Kier molecular flexibility index (Phi) is 8.59.